The smallest absolute Gasteiger partial charge is 0.258 e. The zero-order valence-electron chi connectivity index (χ0n) is 7.57. The maximum absolute atomic E-state index is 11.6. The number of anilines is 1. The molecule has 0 saturated carbocycles. The molecule has 0 spiro atoms. The molecule has 2 heterocycles. The predicted octanol–water partition coefficient (Wildman–Crippen LogP) is 2.03. The summed E-state index contributed by atoms with van der Waals surface area (Å²) in [5.41, 5.74) is 0.670. The topological polar surface area (TPSA) is 57.8 Å². The Kier molecular flexibility index (Phi) is 2.32. The van der Waals surface area contributed by atoms with Crippen LogP contribution in [0.2, 0.25) is 0 Å². The van der Waals surface area contributed by atoms with Gasteiger partial charge in [0.2, 0.25) is 5.95 Å². The van der Waals surface area contributed by atoms with Crippen LogP contribution in [0.25, 0.3) is 0 Å². The Balaban J connectivity index is 2.10. The first kappa shape index (κ1) is 8.96. The number of aryl methyl sites for hydroxylation is 1. The van der Waals surface area contributed by atoms with Crippen molar-refractivity contribution in [2.45, 2.75) is 6.92 Å². The molecule has 2 aromatic rings. The molecule has 0 saturated heterocycles. The fourth-order valence-corrected chi connectivity index (χ4v) is 1.76. The van der Waals surface area contributed by atoms with Crippen LogP contribution in [0.4, 0.5) is 5.95 Å². The standard InChI is InChI=1S/C9H9N3OS/c1-6-4-7(5-14-6)8(13)12-9-10-2-3-11-9/h2-5H,1H3,(H2,10,11,12,13). The largest absolute Gasteiger partial charge is 0.331 e. The molecule has 0 aliphatic carbocycles. The number of hydrogen-bond acceptors (Lipinski definition) is 3. The van der Waals surface area contributed by atoms with E-state index in [1.54, 1.807) is 23.7 Å². The average molecular weight is 207 g/mol. The highest BCUT2D eigenvalue weighted by atomic mass is 32.1. The minimum Gasteiger partial charge on any atom is -0.331 e. The Morgan fingerprint density at radius 1 is 1.64 bits per heavy atom. The average Bonchev–Trinajstić information content (AvgIpc) is 2.75. The number of carbonyl (C=O) groups is 1. The van der Waals surface area contributed by atoms with Crippen LogP contribution in [0, 0.1) is 6.92 Å². The minimum absolute atomic E-state index is 0.135. The van der Waals surface area contributed by atoms with E-state index < -0.39 is 0 Å². The predicted molar refractivity (Wildman–Crippen MR) is 55.6 cm³/mol. The fraction of sp³-hybridized carbons (Fsp3) is 0.111. The molecule has 2 N–H and O–H groups in total. The van der Waals surface area contributed by atoms with Crippen LogP contribution in [-0.2, 0) is 0 Å². The van der Waals surface area contributed by atoms with Crippen LogP contribution in [0.5, 0.6) is 0 Å². The second-order valence-corrected chi connectivity index (χ2v) is 3.95. The van der Waals surface area contributed by atoms with E-state index in [0.29, 0.717) is 11.5 Å². The highest BCUT2D eigenvalue weighted by Gasteiger charge is 2.08. The Morgan fingerprint density at radius 2 is 2.50 bits per heavy atom. The summed E-state index contributed by atoms with van der Waals surface area (Å²) in [4.78, 5) is 19.4. The van der Waals surface area contributed by atoms with Gasteiger partial charge in [0, 0.05) is 22.7 Å². The monoisotopic (exact) mass is 207 g/mol. The van der Waals surface area contributed by atoms with Gasteiger partial charge in [-0.05, 0) is 13.0 Å². The summed E-state index contributed by atoms with van der Waals surface area (Å²) in [7, 11) is 0. The van der Waals surface area contributed by atoms with Gasteiger partial charge >= 0.3 is 0 Å². The second-order valence-electron chi connectivity index (χ2n) is 2.84. The Morgan fingerprint density at radius 3 is 3.07 bits per heavy atom. The summed E-state index contributed by atoms with van der Waals surface area (Å²) < 4.78 is 0. The lowest BCUT2D eigenvalue weighted by atomic mass is 10.3. The molecule has 1 amide bonds. The summed E-state index contributed by atoms with van der Waals surface area (Å²) in [5, 5.41) is 4.48. The van der Waals surface area contributed by atoms with Crippen molar-refractivity contribution in [2.24, 2.45) is 0 Å². The molecule has 0 aliphatic rings. The maximum atomic E-state index is 11.6. The van der Waals surface area contributed by atoms with Crippen LogP contribution in [-0.4, -0.2) is 15.9 Å². The van der Waals surface area contributed by atoms with Gasteiger partial charge in [-0.1, -0.05) is 0 Å². The first-order chi connectivity index (χ1) is 6.75. The molecule has 0 fully saturated rings. The van der Waals surface area contributed by atoms with E-state index in [1.165, 1.54) is 0 Å². The molecule has 4 nitrogen and oxygen atoms in total. The second kappa shape index (κ2) is 3.63. The summed E-state index contributed by atoms with van der Waals surface area (Å²) in [6.07, 6.45) is 3.25. The molecule has 0 bridgehead atoms. The van der Waals surface area contributed by atoms with Gasteiger partial charge in [-0.3, -0.25) is 10.1 Å². The molecular formula is C9H9N3OS. The van der Waals surface area contributed by atoms with E-state index >= 15 is 0 Å². The van der Waals surface area contributed by atoms with Crippen LogP contribution >= 0.6 is 11.3 Å². The zero-order valence-corrected chi connectivity index (χ0v) is 8.39. The number of nitrogens with one attached hydrogen (secondary N) is 2. The highest BCUT2D eigenvalue weighted by molar-refractivity contribution is 7.10. The lowest BCUT2D eigenvalue weighted by Crippen LogP contribution is -2.11. The molecule has 0 unspecified atom stereocenters. The van der Waals surface area contributed by atoms with Crippen molar-refractivity contribution in [3.63, 3.8) is 0 Å². The molecule has 14 heavy (non-hydrogen) atoms. The molecule has 0 aliphatic heterocycles. The van der Waals surface area contributed by atoms with Crippen LogP contribution in [0.15, 0.2) is 23.8 Å². The van der Waals surface area contributed by atoms with Crippen LogP contribution in [0.1, 0.15) is 15.2 Å². The van der Waals surface area contributed by atoms with E-state index in [2.05, 4.69) is 15.3 Å². The normalized spacial score (nSPS) is 10.1. The minimum atomic E-state index is -0.135. The Labute approximate surface area is 85.0 Å². The van der Waals surface area contributed by atoms with Crippen molar-refractivity contribution in [1.82, 2.24) is 9.97 Å². The van der Waals surface area contributed by atoms with Crippen molar-refractivity contribution in [2.75, 3.05) is 5.32 Å². The van der Waals surface area contributed by atoms with Gasteiger partial charge in [-0.15, -0.1) is 11.3 Å². The molecule has 72 valence electrons. The number of rotatable bonds is 2. The Hall–Kier alpha value is -1.62. The van der Waals surface area contributed by atoms with Gasteiger partial charge < -0.3 is 4.98 Å². The number of imidazole rings is 1. The van der Waals surface area contributed by atoms with Crippen molar-refractivity contribution in [1.29, 1.82) is 0 Å². The molecule has 0 aromatic carbocycles. The lowest BCUT2D eigenvalue weighted by Gasteiger charge is -1.97. The van der Waals surface area contributed by atoms with Crippen LogP contribution < -0.4 is 5.32 Å². The summed E-state index contributed by atoms with van der Waals surface area (Å²) >= 11 is 1.55. The quantitative estimate of drug-likeness (QED) is 0.791. The van der Waals surface area contributed by atoms with Crippen molar-refractivity contribution >= 4 is 23.2 Å². The van der Waals surface area contributed by atoms with E-state index in [4.69, 9.17) is 0 Å². The number of aromatic amines is 1. The Bertz CT molecular complexity index is 433. The number of carbonyl (C=O) groups excluding carboxylic acids is 1. The number of thiophene rings is 1. The molecule has 0 radical (unpaired) electrons. The summed E-state index contributed by atoms with van der Waals surface area (Å²) in [6.45, 7) is 1.97. The molecule has 5 heteroatoms. The highest BCUT2D eigenvalue weighted by Crippen LogP contribution is 2.13. The first-order valence-electron chi connectivity index (χ1n) is 4.11. The number of nitrogens with zero attached hydrogens (tertiary/aromatic N) is 1. The van der Waals surface area contributed by atoms with Crippen molar-refractivity contribution in [3.05, 3.63) is 34.3 Å². The van der Waals surface area contributed by atoms with Gasteiger partial charge in [-0.2, -0.15) is 0 Å². The van der Waals surface area contributed by atoms with Gasteiger partial charge in [0.1, 0.15) is 0 Å². The van der Waals surface area contributed by atoms with Gasteiger partial charge in [0.25, 0.3) is 5.91 Å². The van der Waals surface area contributed by atoms with Crippen molar-refractivity contribution in [3.8, 4) is 0 Å². The van der Waals surface area contributed by atoms with Gasteiger partial charge in [0.15, 0.2) is 0 Å². The third kappa shape index (κ3) is 1.82. The van der Waals surface area contributed by atoms with E-state index in [1.807, 2.05) is 18.4 Å². The van der Waals surface area contributed by atoms with Gasteiger partial charge in [0.05, 0.1) is 5.56 Å². The number of amides is 1. The number of aromatic nitrogens is 2. The van der Waals surface area contributed by atoms with E-state index in [-0.39, 0.29) is 5.91 Å². The maximum Gasteiger partial charge on any atom is 0.258 e. The molecule has 0 atom stereocenters. The van der Waals surface area contributed by atoms with E-state index in [0.717, 1.165) is 4.88 Å². The number of hydrogen-bond donors (Lipinski definition) is 2. The molecular weight excluding hydrogens is 198 g/mol. The molecule has 2 rings (SSSR count). The summed E-state index contributed by atoms with van der Waals surface area (Å²) in [6, 6.07) is 1.85. The number of H-pyrrole nitrogens is 1. The summed E-state index contributed by atoms with van der Waals surface area (Å²) in [5.74, 6) is 0.336. The zero-order chi connectivity index (χ0) is 9.97. The van der Waals surface area contributed by atoms with Gasteiger partial charge in [-0.25, -0.2) is 4.98 Å². The fourth-order valence-electron chi connectivity index (χ4n) is 1.08. The van der Waals surface area contributed by atoms with E-state index in [9.17, 15) is 4.79 Å². The third-order valence-electron chi connectivity index (χ3n) is 1.72. The SMILES string of the molecule is Cc1cc(C(=O)Nc2ncc[nH]2)cs1. The van der Waals surface area contributed by atoms with Crippen molar-refractivity contribution < 1.29 is 4.79 Å². The molecule has 2 aromatic heterocycles. The lowest BCUT2D eigenvalue weighted by molar-refractivity contribution is 0.102. The van der Waals surface area contributed by atoms with Crippen LogP contribution in [0.3, 0.4) is 0 Å². The first-order valence-corrected chi connectivity index (χ1v) is 4.99. The third-order valence-corrected chi connectivity index (χ3v) is 2.58.